The summed E-state index contributed by atoms with van der Waals surface area (Å²) in [5, 5.41) is 8.64. The molecule has 5 aromatic rings. The number of benzene rings is 2. The summed E-state index contributed by atoms with van der Waals surface area (Å²) < 4.78 is 58.7. The molecule has 0 saturated heterocycles. The van der Waals surface area contributed by atoms with E-state index in [1.54, 1.807) is 30.9 Å². The van der Waals surface area contributed by atoms with E-state index in [0.717, 1.165) is 39.7 Å². The lowest BCUT2D eigenvalue weighted by atomic mass is 9.98. The van der Waals surface area contributed by atoms with Crippen LogP contribution in [0.3, 0.4) is 0 Å². The molecule has 2 aromatic carbocycles. The molecule has 0 atom stereocenters. The number of rotatable bonds is 6. The third-order valence-electron chi connectivity index (χ3n) is 5.66. The molecule has 0 spiro atoms. The maximum absolute atomic E-state index is 14.2. The molecule has 10 heteroatoms. The van der Waals surface area contributed by atoms with Gasteiger partial charge in [0.15, 0.2) is 9.84 Å². The van der Waals surface area contributed by atoms with E-state index < -0.39 is 32.1 Å². The summed E-state index contributed by atoms with van der Waals surface area (Å²) >= 11 is 0. The van der Waals surface area contributed by atoms with E-state index in [4.69, 9.17) is 4.74 Å². The molecule has 3 aromatic heterocycles. The number of halogens is 2. The molecule has 0 unspecified atom stereocenters. The molecule has 0 N–H and O–H groups in total. The number of aromatic nitrogens is 4. The summed E-state index contributed by atoms with van der Waals surface area (Å²) in [6.07, 6.45) is 6.55. The Morgan fingerprint density at radius 1 is 0.833 bits per heavy atom. The second-order valence-electron chi connectivity index (χ2n) is 7.95. The lowest BCUT2D eigenvalue weighted by molar-refractivity contribution is 0.394. The van der Waals surface area contributed by atoms with Crippen LogP contribution in [0.25, 0.3) is 33.2 Å². The van der Waals surface area contributed by atoms with E-state index in [9.17, 15) is 17.2 Å². The van der Waals surface area contributed by atoms with Gasteiger partial charge >= 0.3 is 0 Å². The molecule has 3 heterocycles. The molecule has 180 valence electrons. The largest absolute Gasteiger partial charge is 0.481 e. The van der Waals surface area contributed by atoms with Gasteiger partial charge in [-0.15, -0.1) is 0 Å². The predicted octanol–water partition coefficient (Wildman–Crippen LogP) is 5.01. The van der Waals surface area contributed by atoms with E-state index >= 15 is 0 Å². The molecule has 7 nitrogen and oxygen atoms in total. The molecule has 0 amide bonds. The van der Waals surface area contributed by atoms with Gasteiger partial charge in [-0.3, -0.25) is 4.98 Å². The van der Waals surface area contributed by atoms with Crippen molar-refractivity contribution in [2.75, 3.05) is 7.11 Å². The summed E-state index contributed by atoms with van der Waals surface area (Å²) in [4.78, 5) is 8.11. The van der Waals surface area contributed by atoms with Crippen LogP contribution < -0.4 is 4.74 Å². The summed E-state index contributed by atoms with van der Waals surface area (Å²) in [5.74, 6) is -2.50. The molecule has 0 aliphatic carbocycles. The van der Waals surface area contributed by atoms with Crippen molar-refractivity contribution in [3.05, 3.63) is 96.6 Å². The van der Waals surface area contributed by atoms with Gasteiger partial charge < -0.3 is 4.74 Å². The first-order chi connectivity index (χ1) is 17.4. The number of methoxy groups -OCH3 is 1. The van der Waals surface area contributed by atoms with Crippen molar-refractivity contribution in [3.8, 4) is 28.1 Å². The van der Waals surface area contributed by atoms with E-state index in [0.29, 0.717) is 11.6 Å². The fourth-order valence-corrected chi connectivity index (χ4v) is 5.38. The fourth-order valence-electron chi connectivity index (χ4n) is 3.98. The monoisotopic (exact) mass is 504 g/mol. The molecule has 0 aliphatic rings. The van der Waals surface area contributed by atoms with Crippen LogP contribution in [0, 0.1) is 11.6 Å². The van der Waals surface area contributed by atoms with Crippen molar-refractivity contribution < 1.29 is 21.9 Å². The maximum atomic E-state index is 14.2. The Morgan fingerprint density at radius 2 is 1.69 bits per heavy atom. The smallest absolute Gasteiger partial charge is 0.217 e. The lowest BCUT2D eigenvalue weighted by Gasteiger charge is -2.12. The highest BCUT2D eigenvalue weighted by atomic mass is 32.2. The molecule has 0 saturated carbocycles. The minimum Gasteiger partial charge on any atom is -0.481 e. The SMILES string of the molecule is COc1ncc(-c2ccc3nccc(-c4ccnnc4)c3c2)cc1CS(=O)(=O)c1ccc(F)cc1F. The minimum absolute atomic E-state index is 0.0934. The molecule has 0 radical (unpaired) electrons. The minimum atomic E-state index is -4.15. The average molecular weight is 505 g/mol. The molecular formula is C26H18F2N4O3S. The fraction of sp³-hybridized carbons (Fsp3) is 0.0769. The standard InChI is InChI=1S/C26H18F2N4O3S/c1-35-26-19(15-36(33,34)25-5-3-20(27)12-23(25)28)10-18(13-30-26)16-2-4-24-22(11-16)21(7-8-29-24)17-6-9-31-32-14-17/h2-14H,15H2,1H3. The van der Waals surface area contributed by atoms with Crippen LogP contribution >= 0.6 is 0 Å². The van der Waals surface area contributed by atoms with Gasteiger partial charge in [-0.2, -0.15) is 10.2 Å². The first-order valence-electron chi connectivity index (χ1n) is 10.7. The number of sulfone groups is 1. The molecule has 0 aliphatic heterocycles. The van der Waals surface area contributed by atoms with Gasteiger partial charge in [0.25, 0.3) is 0 Å². The number of fused-ring (bicyclic) bond motifs is 1. The Labute approximate surface area is 205 Å². The molecule has 36 heavy (non-hydrogen) atoms. The van der Waals surface area contributed by atoms with Crippen molar-refractivity contribution in [3.63, 3.8) is 0 Å². The van der Waals surface area contributed by atoms with Gasteiger partial charge in [-0.25, -0.2) is 22.2 Å². The lowest BCUT2D eigenvalue weighted by Crippen LogP contribution is -2.09. The van der Waals surface area contributed by atoms with Crippen molar-refractivity contribution in [2.24, 2.45) is 0 Å². The Hall–Kier alpha value is -4.31. The summed E-state index contributed by atoms with van der Waals surface area (Å²) in [6.45, 7) is 0. The zero-order valence-electron chi connectivity index (χ0n) is 18.9. The normalized spacial score (nSPS) is 11.5. The second-order valence-corrected chi connectivity index (χ2v) is 9.91. The van der Waals surface area contributed by atoms with Gasteiger partial charge in [-0.1, -0.05) is 6.07 Å². The number of ether oxygens (including phenoxy) is 1. The Kier molecular flexibility index (Phi) is 6.11. The zero-order valence-corrected chi connectivity index (χ0v) is 19.7. The quantitative estimate of drug-likeness (QED) is 0.300. The third kappa shape index (κ3) is 4.50. The van der Waals surface area contributed by atoms with Crippen LogP contribution in [0.15, 0.2) is 84.3 Å². The average Bonchev–Trinajstić information content (AvgIpc) is 2.88. The zero-order chi connectivity index (χ0) is 25.3. The number of hydrogen-bond donors (Lipinski definition) is 0. The third-order valence-corrected chi connectivity index (χ3v) is 7.36. The predicted molar refractivity (Wildman–Crippen MR) is 130 cm³/mol. The molecular weight excluding hydrogens is 486 g/mol. The van der Waals surface area contributed by atoms with Gasteiger partial charge in [-0.05, 0) is 53.6 Å². The second kappa shape index (κ2) is 9.38. The Bertz CT molecular complexity index is 1700. The molecule has 5 rings (SSSR count). The Morgan fingerprint density at radius 3 is 2.44 bits per heavy atom. The van der Waals surface area contributed by atoms with Crippen LogP contribution in [0.2, 0.25) is 0 Å². The first kappa shape index (κ1) is 23.4. The van der Waals surface area contributed by atoms with E-state index in [2.05, 4.69) is 20.2 Å². The summed E-state index contributed by atoms with van der Waals surface area (Å²) in [6, 6.07) is 13.4. The van der Waals surface area contributed by atoms with Gasteiger partial charge in [0.1, 0.15) is 16.5 Å². The summed E-state index contributed by atoms with van der Waals surface area (Å²) in [5.41, 5.74) is 4.18. The van der Waals surface area contributed by atoms with E-state index in [-0.39, 0.29) is 11.4 Å². The van der Waals surface area contributed by atoms with Crippen LogP contribution in [0.1, 0.15) is 5.56 Å². The van der Waals surface area contributed by atoms with Gasteiger partial charge in [0.2, 0.25) is 5.88 Å². The highest BCUT2D eigenvalue weighted by Crippen LogP contribution is 2.33. The molecule has 0 fully saturated rings. The maximum Gasteiger partial charge on any atom is 0.217 e. The molecule has 0 bridgehead atoms. The van der Waals surface area contributed by atoms with Crippen LogP contribution in [-0.2, 0) is 15.6 Å². The van der Waals surface area contributed by atoms with Crippen LogP contribution in [0.5, 0.6) is 5.88 Å². The summed E-state index contributed by atoms with van der Waals surface area (Å²) in [7, 11) is -2.79. The van der Waals surface area contributed by atoms with Crippen molar-refractivity contribution in [1.82, 2.24) is 20.2 Å². The highest BCUT2D eigenvalue weighted by Gasteiger charge is 2.23. The van der Waals surface area contributed by atoms with E-state index in [1.165, 1.54) is 7.11 Å². The number of nitrogens with zero attached hydrogens (tertiary/aromatic N) is 4. The number of pyridine rings is 2. The van der Waals surface area contributed by atoms with E-state index in [1.807, 2.05) is 30.3 Å². The highest BCUT2D eigenvalue weighted by molar-refractivity contribution is 7.90. The Balaban J connectivity index is 1.58. The number of hydrogen-bond acceptors (Lipinski definition) is 7. The first-order valence-corrected chi connectivity index (χ1v) is 12.4. The van der Waals surface area contributed by atoms with Gasteiger partial charge in [0, 0.05) is 40.5 Å². The van der Waals surface area contributed by atoms with Crippen molar-refractivity contribution in [2.45, 2.75) is 10.6 Å². The van der Waals surface area contributed by atoms with Crippen LogP contribution in [-0.4, -0.2) is 35.7 Å². The van der Waals surface area contributed by atoms with Crippen molar-refractivity contribution in [1.29, 1.82) is 0 Å². The van der Waals surface area contributed by atoms with Crippen LogP contribution in [0.4, 0.5) is 8.78 Å². The van der Waals surface area contributed by atoms with Gasteiger partial charge in [0.05, 0.1) is 30.8 Å². The topological polar surface area (TPSA) is 94.9 Å². The van der Waals surface area contributed by atoms with Crippen molar-refractivity contribution >= 4 is 20.7 Å².